The van der Waals surface area contributed by atoms with Gasteiger partial charge in [-0.1, -0.05) is 0 Å². The zero-order valence-electron chi connectivity index (χ0n) is 10.4. The zero-order valence-corrected chi connectivity index (χ0v) is 11.9. The Hall–Kier alpha value is -1.94. The van der Waals surface area contributed by atoms with Gasteiger partial charge in [-0.25, -0.2) is 4.98 Å². The van der Waals surface area contributed by atoms with Crippen molar-refractivity contribution in [1.82, 2.24) is 14.6 Å². The lowest BCUT2D eigenvalue weighted by Crippen LogP contribution is -2.27. The van der Waals surface area contributed by atoms with Crippen LogP contribution in [0.25, 0.3) is 5.65 Å². The van der Waals surface area contributed by atoms with Crippen LogP contribution in [0.3, 0.4) is 0 Å². The van der Waals surface area contributed by atoms with Gasteiger partial charge in [-0.05, 0) is 22.4 Å². The number of nitrogens with two attached hydrogens (primary N) is 2. The third-order valence-electron chi connectivity index (χ3n) is 3.31. The van der Waals surface area contributed by atoms with Gasteiger partial charge in [0.2, 0.25) is 5.65 Å². The van der Waals surface area contributed by atoms with Crippen LogP contribution in [0, 0.1) is 10.1 Å². The Bertz CT molecular complexity index is 700. The van der Waals surface area contributed by atoms with Crippen molar-refractivity contribution in [1.29, 1.82) is 0 Å². The number of nitrogen functional groups attached to an aromatic ring is 1. The molecule has 1 aliphatic rings. The molecule has 0 spiro atoms. The van der Waals surface area contributed by atoms with Gasteiger partial charge in [0.15, 0.2) is 0 Å². The van der Waals surface area contributed by atoms with Crippen molar-refractivity contribution in [3.8, 4) is 0 Å². The maximum absolute atomic E-state index is 11.0. The minimum Gasteiger partial charge on any atom is -0.383 e. The molecule has 10 heteroatoms. The van der Waals surface area contributed by atoms with Crippen molar-refractivity contribution in [2.45, 2.75) is 12.5 Å². The van der Waals surface area contributed by atoms with Gasteiger partial charge < -0.3 is 16.4 Å². The molecule has 2 aromatic rings. The molecule has 1 atom stereocenters. The molecule has 0 aromatic carbocycles. The molecule has 9 nitrogen and oxygen atoms in total. The van der Waals surface area contributed by atoms with Gasteiger partial charge in [0.05, 0.1) is 4.92 Å². The fraction of sp³-hybridized carbons (Fsp3) is 0.400. The summed E-state index contributed by atoms with van der Waals surface area (Å²) < 4.78 is 1.82. The van der Waals surface area contributed by atoms with E-state index in [9.17, 15) is 10.1 Å². The number of halogens is 1. The van der Waals surface area contributed by atoms with E-state index in [-0.39, 0.29) is 23.2 Å². The number of nitro groups is 1. The van der Waals surface area contributed by atoms with Crippen molar-refractivity contribution in [3.05, 3.63) is 20.8 Å². The molecule has 3 rings (SSSR count). The summed E-state index contributed by atoms with van der Waals surface area (Å²) >= 11 is 3.38. The fourth-order valence-corrected chi connectivity index (χ4v) is 2.80. The van der Waals surface area contributed by atoms with E-state index in [1.54, 1.807) is 0 Å². The molecule has 3 heterocycles. The highest BCUT2D eigenvalue weighted by Gasteiger charge is 2.27. The number of rotatable bonds is 2. The van der Waals surface area contributed by atoms with E-state index in [1.165, 1.54) is 4.52 Å². The number of hydrogen-bond acceptors (Lipinski definition) is 7. The Kier molecular flexibility index (Phi) is 2.98. The van der Waals surface area contributed by atoms with Crippen LogP contribution in [0.4, 0.5) is 17.3 Å². The summed E-state index contributed by atoms with van der Waals surface area (Å²) in [6.07, 6.45) is 1.99. The van der Waals surface area contributed by atoms with Gasteiger partial charge in [-0.15, -0.1) is 0 Å². The topological polar surface area (TPSA) is 129 Å². The molecular weight excluding hydrogens is 330 g/mol. The largest absolute Gasteiger partial charge is 0.383 e. The minimum absolute atomic E-state index is 0.0704. The lowest BCUT2D eigenvalue weighted by atomic mass is 10.3. The van der Waals surface area contributed by atoms with Crippen LogP contribution >= 0.6 is 15.9 Å². The Labute approximate surface area is 121 Å². The first-order valence-corrected chi connectivity index (χ1v) is 6.76. The molecule has 0 saturated carbocycles. The molecule has 20 heavy (non-hydrogen) atoms. The summed E-state index contributed by atoms with van der Waals surface area (Å²) in [6.45, 7) is 1.38. The first kappa shape index (κ1) is 13.1. The molecule has 106 valence electrons. The summed E-state index contributed by atoms with van der Waals surface area (Å²) in [5, 5.41) is 14.9. The van der Waals surface area contributed by atoms with E-state index >= 15 is 0 Å². The molecule has 4 N–H and O–H groups in total. The number of aromatic nitrogens is 3. The lowest BCUT2D eigenvalue weighted by molar-refractivity contribution is -0.383. The van der Waals surface area contributed by atoms with Crippen LogP contribution in [-0.4, -0.2) is 38.7 Å². The van der Waals surface area contributed by atoms with Gasteiger partial charge in [-0.3, -0.25) is 10.1 Å². The Morgan fingerprint density at radius 2 is 2.30 bits per heavy atom. The second kappa shape index (κ2) is 4.56. The highest BCUT2D eigenvalue weighted by molar-refractivity contribution is 9.10. The molecule has 1 fully saturated rings. The van der Waals surface area contributed by atoms with E-state index in [1.807, 2.05) is 4.90 Å². The van der Waals surface area contributed by atoms with Gasteiger partial charge in [0.25, 0.3) is 0 Å². The highest BCUT2D eigenvalue weighted by atomic mass is 79.9. The molecular formula is C10H12BrN7O2. The number of nitrogens with zero attached hydrogens (tertiary/aromatic N) is 5. The third kappa shape index (κ3) is 1.88. The predicted molar refractivity (Wildman–Crippen MR) is 76.6 cm³/mol. The van der Waals surface area contributed by atoms with Crippen molar-refractivity contribution in [2.75, 3.05) is 23.7 Å². The number of hydrogen-bond donors (Lipinski definition) is 2. The second-order valence-electron chi connectivity index (χ2n) is 4.65. The van der Waals surface area contributed by atoms with Crippen molar-refractivity contribution in [2.24, 2.45) is 5.73 Å². The third-order valence-corrected chi connectivity index (χ3v) is 4.07. The fourth-order valence-electron chi connectivity index (χ4n) is 2.29. The van der Waals surface area contributed by atoms with Crippen LogP contribution in [0.2, 0.25) is 0 Å². The van der Waals surface area contributed by atoms with Crippen LogP contribution < -0.4 is 16.4 Å². The van der Waals surface area contributed by atoms with Crippen LogP contribution in [0.1, 0.15) is 6.42 Å². The highest BCUT2D eigenvalue weighted by Crippen LogP contribution is 2.34. The molecule has 2 aromatic heterocycles. The summed E-state index contributed by atoms with van der Waals surface area (Å²) in [7, 11) is 0. The number of fused-ring (bicyclic) bond motifs is 1. The molecule has 0 unspecified atom stereocenters. The maximum atomic E-state index is 11.0. The summed E-state index contributed by atoms with van der Waals surface area (Å²) in [5.74, 6) is 0.838. The van der Waals surface area contributed by atoms with E-state index < -0.39 is 4.92 Å². The summed E-state index contributed by atoms with van der Waals surface area (Å²) in [5.41, 5.74) is 11.8. The predicted octanol–water partition coefficient (Wildman–Crippen LogP) is 0.520. The zero-order chi connectivity index (χ0) is 14.4. The average molecular weight is 342 g/mol. The Morgan fingerprint density at radius 1 is 1.55 bits per heavy atom. The molecule has 0 bridgehead atoms. The van der Waals surface area contributed by atoms with E-state index in [4.69, 9.17) is 11.5 Å². The minimum atomic E-state index is -0.526. The van der Waals surface area contributed by atoms with Crippen LogP contribution in [0.5, 0.6) is 0 Å². The second-order valence-corrected chi connectivity index (χ2v) is 5.44. The van der Waals surface area contributed by atoms with Crippen molar-refractivity contribution >= 4 is 38.9 Å². The first-order chi connectivity index (χ1) is 9.49. The van der Waals surface area contributed by atoms with Crippen LogP contribution in [-0.2, 0) is 0 Å². The maximum Gasteiger partial charge on any atom is 0.333 e. The Morgan fingerprint density at radius 3 is 2.90 bits per heavy atom. The van der Waals surface area contributed by atoms with Gasteiger partial charge >= 0.3 is 5.69 Å². The normalized spacial score (nSPS) is 18.9. The first-order valence-electron chi connectivity index (χ1n) is 5.96. The van der Waals surface area contributed by atoms with Crippen molar-refractivity contribution < 1.29 is 4.92 Å². The summed E-state index contributed by atoms with van der Waals surface area (Å²) in [6, 6.07) is 0.0704. The molecule has 0 aliphatic carbocycles. The van der Waals surface area contributed by atoms with Crippen LogP contribution in [0.15, 0.2) is 10.7 Å². The van der Waals surface area contributed by atoms with E-state index in [0.29, 0.717) is 16.8 Å². The smallest absolute Gasteiger partial charge is 0.333 e. The van der Waals surface area contributed by atoms with Gasteiger partial charge in [0.1, 0.15) is 22.3 Å². The van der Waals surface area contributed by atoms with Gasteiger partial charge in [-0.2, -0.15) is 9.61 Å². The SMILES string of the molecule is Nc1c(Br)c(N2CC[C@H](N)C2)nc2c([N+](=O)[O-])cnn12. The molecule has 1 saturated heterocycles. The standard InChI is InChI=1S/C10H12BrN7O2/c11-7-8(13)17-9(6(3-14-17)18(19)20)15-10(7)16-2-1-5(12)4-16/h3,5H,1-2,4,12-13H2/t5-/m0/s1. The monoisotopic (exact) mass is 341 g/mol. The quantitative estimate of drug-likeness (QED) is 0.601. The lowest BCUT2D eigenvalue weighted by Gasteiger charge is -2.19. The van der Waals surface area contributed by atoms with E-state index in [0.717, 1.165) is 19.2 Å². The summed E-state index contributed by atoms with van der Waals surface area (Å²) in [4.78, 5) is 16.8. The molecule has 0 amide bonds. The number of anilines is 2. The van der Waals surface area contributed by atoms with Gasteiger partial charge in [0, 0.05) is 19.1 Å². The van der Waals surface area contributed by atoms with E-state index in [2.05, 4.69) is 26.0 Å². The molecule has 1 aliphatic heterocycles. The Balaban J connectivity index is 2.19. The molecule has 0 radical (unpaired) electrons. The van der Waals surface area contributed by atoms with Crippen molar-refractivity contribution in [3.63, 3.8) is 0 Å². The average Bonchev–Trinajstić information content (AvgIpc) is 2.99.